The molecule has 1 saturated heterocycles. The highest BCUT2D eigenvalue weighted by molar-refractivity contribution is 5.68. The average molecular weight is 260 g/mol. The summed E-state index contributed by atoms with van der Waals surface area (Å²) in [5.74, 6) is 0. The van der Waals surface area contributed by atoms with Gasteiger partial charge in [-0.3, -0.25) is 0 Å². The van der Waals surface area contributed by atoms with Crippen LogP contribution in [0.4, 0.5) is 4.79 Å². The molecule has 2 aliphatic rings. The van der Waals surface area contributed by atoms with E-state index in [-0.39, 0.29) is 6.09 Å². The molecule has 1 amide bonds. The van der Waals surface area contributed by atoms with Crippen molar-refractivity contribution >= 4 is 6.09 Å². The van der Waals surface area contributed by atoms with E-state index in [1.165, 1.54) is 12.8 Å². The Hall–Kier alpha value is -1.55. The Balaban J connectivity index is 1.43. The molecule has 0 spiro atoms. The lowest BCUT2D eigenvalue weighted by Gasteiger charge is -2.17. The molecule has 1 heterocycles. The molecular weight excluding hydrogens is 240 g/mol. The molecule has 1 N–H and O–H groups in total. The van der Waals surface area contributed by atoms with E-state index in [1.807, 2.05) is 35.2 Å². The van der Waals surface area contributed by atoms with E-state index in [9.17, 15) is 4.79 Å². The van der Waals surface area contributed by atoms with Crippen LogP contribution in [-0.2, 0) is 11.3 Å². The maximum absolute atomic E-state index is 11.9. The Morgan fingerprint density at radius 1 is 1.21 bits per heavy atom. The van der Waals surface area contributed by atoms with Crippen LogP contribution >= 0.6 is 0 Å². The van der Waals surface area contributed by atoms with Crippen LogP contribution in [0.15, 0.2) is 30.3 Å². The van der Waals surface area contributed by atoms with Gasteiger partial charge >= 0.3 is 6.09 Å². The summed E-state index contributed by atoms with van der Waals surface area (Å²) in [6.07, 6.45) is 3.42. The van der Waals surface area contributed by atoms with Crippen molar-refractivity contribution in [2.24, 2.45) is 0 Å². The number of ether oxygens (including phenoxy) is 1. The first-order valence-electron chi connectivity index (χ1n) is 7.03. The van der Waals surface area contributed by atoms with Crippen molar-refractivity contribution < 1.29 is 9.53 Å². The predicted octanol–water partition coefficient (Wildman–Crippen LogP) is 2.15. The quantitative estimate of drug-likeness (QED) is 0.902. The van der Waals surface area contributed by atoms with Gasteiger partial charge in [0.05, 0.1) is 0 Å². The second-order valence-electron chi connectivity index (χ2n) is 5.41. The Morgan fingerprint density at radius 2 is 2.00 bits per heavy atom. The van der Waals surface area contributed by atoms with Gasteiger partial charge in [-0.2, -0.15) is 0 Å². The highest BCUT2D eigenvalue weighted by Crippen LogP contribution is 2.22. The molecule has 1 aliphatic heterocycles. The number of rotatable bonds is 4. The summed E-state index contributed by atoms with van der Waals surface area (Å²) in [6.45, 7) is 1.94. The Labute approximate surface area is 113 Å². The number of amides is 1. The van der Waals surface area contributed by atoms with Gasteiger partial charge in [0.25, 0.3) is 0 Å². The molecule has 1 aromatic carbocycles. The van der Waals surface area contributed by atoms with Gasteiger partial charge in [0.15, 0.2) is 0 Å². The largest absolute Gasteiger partial charge is 0.445 e. The molecule has 4 heteroatoms. The third-order valence-corrected chi connectivity index (χ3v) is 3.70. The van der Waals surface area contributed by atoms with Gasteiger partial charge in [0.1, 0.15) is 6.61 Å². The molecule has 1 atom stereocenters. The number of hydrogen-bond acceptors (Lipinski definition) is 3. The van der Waals surface area contributed by atoms with Gasteiger partial charge in [-0.25, -0.2) is 4.79 Å². The predicted molar refractivity (Wildman–Crippen MR) is 72.8 cm³/mol. The van der Waals surface area contributed by atoms with Crippen LogP contribution in [0.2, 0.25) is 0 Å². The van der Waals surface area contributed by atoms with E-state index < -0.39 is 0 Å². The molecule has 2 fully saturated rings. The zero-order valence-electron chi connectivity index (χ0n) is 11.0. The lowest BCUT2D eigenvalue weighted by molar-refractivity contribution is 0.103. The number of nitrogens with one attached hydrogen (secondary N) is 1. The van der Waals surface area contributed by atoms with Crippen LogP contribution in [-0.4, -0.2) is 36.2 Å². The molecule has 1 aliphatic carbocycles. The summed E-state index contributed by atoms with van der Waals surface area (Å²) in [6, 6.07) is 11.0. The molecule has 4 nitrogen and oxygen atoms in total. The van der Waals surface area contributed by atoms with Crippen molar-refractivity contribution in [1.82, 2.24) is 10.2 Å². The van der Waals surface area contributed by atoms with Gasteiger partial charge in [0, 0.05) is 25.2 Å². The number of nitrogens with zero attached hydrogens (tertiary/aromatic N) is 1. The first kappa shape index (κ1) is 12.5. The number of benzene rings is 1. The first-order valence-corrected chi connectivity index (χ1v) is 7.03. The minimum Gasteiger partial charge on any atom is -0.445 e. The third-order valence-electron chi connectivity index (χ3n) is 3.70. The second-order valence-corrected chi connectivity index (χ2v) is 5.41. The molecule has 19 heavy (non-hydrogen) atoms. The fourth-order valence-corrected chi connectivity index (χ4v) is 2.46. The van der Waals surface area contributed by atoms with Gasteiger partial charge in [0.2, 0.25) is 0 Å². The summed E-state index contributed by atoms with van der Waals surface area (Å²) in [4.78, 5) is 13.8. The van der Waals surface area contributed by atoms with Crippen molar-refractivity contribution in [2.75, 3.05) is 13.1 Å². The fourth-order valence-electron chi connectivity index (χ4n) is 2.46. The van der Waals surface area contributed by atoms with Gasteiger partial charge < -0.3 is 15.0 Å². The maximum atomic E-state index is 11.9. The third kappa shape index (κ3) is 3.47. The monoisotopic (exact) mass is 260 g/mol. The lowest BCUT2D eigenvalue weighted by Crippen LogP contribution is -2.36. The van der Waals surface area contributed by atoms with Crippen molar-refractivity contribution in [3.05, 3.63) is 35.9 Å². The first-order chi connectivity index (χ1) is 9.31. The van der Waals surface area contributed by atoms with Crippen molar-refractivity contribution in [3.8, 4) is 0 Å². The van der Waals surface area contributed by atoms with Gasteiger partial charge in [-0.1, -0.05) is 30.3 Å². The average Bonchev–Trinajstić information content (AvgIpc) is 3.13. The van der Waals surface area contributed by atoms with Crippen LogP contribution in [0.5, 0.6) is 0 Å². The number of carbonyl (C=O) groups excluding carboxylic acids is 1. The van der Waals surface area contributed by atoms with E-state index in [0.717, 1.165) is 25.1 Å². The fraction of sp³-hybridized carbons (Fsp3) is 0.533. The number of likely N-dealkylation sites (tertiary alicyclic amines) is 1. The van der Waals surface area contributed by atoms with Crippen LogP contribution in [0.3, 0.4) is 0 Å². The van der Waals surface area contributed by atoms with Gasteiger partial charge in [-0.15, -0.1) is 0 Å². The topological polar surface area (TPSA) is 41.6 Å². The molecule has 0 bridgehead atoms. The van der Waals surface area contributed by atoms with Crippen LogP contribution in [0.25, 0.3) is 0 Å². The summed E-state index contributed by atoms with van der Waals surface area (Å²) in [5, 5.41) is 3.56. The molecular formula is C15H20N2O2. The van der Waals surface area contributed by atoms with Crippen LogP contribution < -0.4 is 5.32 Å². The molecule has 1 unspecified atom stereocenters. The minimum absolute atomic E-state index is 0.191. The zero-order chi connectivity index (χ0) is 13.1. The summed E-state index contributed by atoms with van der Waals surface area (Å²) < 4.78 is 5.34. The smallest absolute Gasteiger partial charge is 0.410 e. The lowest BCUT2D eigenvalue weighted by atomic mass is 10.2. The SMILES string of the molecule is O=C(OCc1ccccc1)N1CCC(NC2CC2)C1. The standard InChI is InChI=1S/C15H20N2O2/c18-15(19-11-12-4-2-1-3-5-12)17-9-8-14(10-17)16-13-6-7-13/h1-5,13-14,16H,6-11H2. The van der Waals surface area contributed by atoms with E-state index >= 15 is 0 Å². The number of carbonyl (C=O) groups is 1. The van der Waals surface area contributed by atoms with E-state index in [2.05, 4.69) is 5.32 Å². The van der Waals surface area contributed by atoms with Crippen LogP contribution in [0.1, 0.15) is 24.8 Å². The molecule has 102 valence electrons. The summed E-state index contributed by atoms with van der Waals surface area (Å²) in [7, 11) is 0. The maximum Gasteiger partial charge on any atom is 0.410 e. The van der Waals surface area contributed by atoms with Crippen molar-refractivity contribution in [2.45, 2.75) is 38.0 Å². The highest BCUT2D eigenvalue weighted by atomic mass is 16.6. The van der Waals surface area contributed by atoms with E-state index in [4.69, 9.17) is 4.74 Å². The molecule has 1 saturated carbocycles. The van der Waals surface area contributed by atoms with Crippen molar-refractivity contribution in [1.29, 1.82) is 0 Å². The second kappa shape index (κ2) is 5.61. The Bertz CT molecular complexity index is 431. The number of hydrogen-bond donors (Lipinski definition) is 1. The van der Waals surface area contributed by atoms with E-state index in [1.54, 1.807) is 0 Å². The summed E-state index contributed by atoms with van der Waals surface area (Å²) >= 11 is 0. The van der Waals surface area contributed by atoms with Gasteiger partial charge in [-0.05, 0) is 24.8 Å². The normalized spacial score (nSPS) is 22.5. The summed E-state index contributed by atoms with van der Waals surface area (Å²) in [5.41, 5.74) is 1.03. The van der Waals surface area contributed by atoms with E-state index in [0.29, 0.717) is 18.7 Å². The zero-order valence-corrected chi connectivity index (χ0v) is 11.0. The minimum atomic E-state index is -0.191. The molecule has 0 radical (unpaired) electrons. The highest BCUT2D eigenvalue weighted by Gasteiger charge is 2.31. The molecule has 1 aromatic rings. The Kier molecular flexibility index (Phi) is 3.69. The molecule has 3 rings (SSSR count). The molecule has 0 aromatic heterocycles. The van der Waals surface area contributed by atoms with Crippen molar-refractivity contribution in [3.63, 3.8) is 0 Å². The van der Waals surface area contributed by atoms with Crippen LogP contribution in [0, 0.1) is 0 Å². The Morgan fingerprint density at radius 3 is 2.74 bits per heavy atom.